The summed E-state index contributed by atoms with van der Waals surface area (Å²) in [5.74, 6) is 1.28. The molecule has 0 saturated heterocycles. The molecule has 1 N–H and O–H groups in total. The van der Waals surface area contributed by atoms with Crippen molar-refractivity contribution < 1.29 is 9.84 Å². The molecule has 8 heteroatoms. The van der Waals surface area contributed by atoms with E-state index in [0.29, 0.717) is 30.4 Å². The highest BCUT2D eigenvalue weighted by Gasteiger charge is 2.36. The summed E-state index contributed by atoms with van der Waals surface area (Å²) in [6, 6.07) is 10.6. The van der Waals surface area contributed by atoms with E-state index in [1.165, 1.54) is 12.4 Å². The smallest absolute Gasteiger partial charge is 0.255 e. The Morgan fingerprint density at radius 2 is 1.97 bits per heavy atom. The number of aliphatic hydroxyl groups is 1. The molecule has 3 aromatic rings. The van der Waals surface area contributed by atoms with Gasteiger partial charge in [-0.05, 0) is 44.0 Å². The summed E-state index contributed by atoms with van der Waals surface area (Å²) in [5, 5.41) is 10.9. The van der Waals surface area contributed by atoms with Crippen LogP contribution in [-0.4, -0.2) is 43.8 Å². The molecule has 0 radical (unpaired) electrons. The van der Waals surface area contributed by atoms with Crippen LogP contribution in [0.5, 0.6) is 5.75 Å². The molecule has 156 valence electrons. The first-order valence-electron chi connectivity index (χ1n) is 9.87. The van der Waals surface area contributed by atoms with Gasteiger partial charge in [-0.2, -0.15) is 0 Å². The quantitative estimate of drug-likeness (QED) is 0.694. The predicted molar refractivity (Wildman–Crippen MR) is 114 cm³/mol. The molecule has 2 aromatic heterocycles. The van der Waals surface area contributed by atoms with Crippen LogP contribution in [0.4, 0.5) is 5.95 Å². The molecule has 1 atom stereocenters. The number of aliphatic hydroxyl groups excluding tert-OH is 1. The van der Waals surface area contributed by atoms with Crippen molar-refractivity contribution in [3.05, 3.63) is 64.8 Å². The first-order chi connectivity index (χ1) is 14.4. The molecule has 0 spiro atoms. The largest absolute Gasteiger partial charge is 0.497 e. The summed E-state index contributed by atoms with van der Waals surface area (Å²) in [6.45, 7) is 5.08. The van der Waals surface area contributed by atoms with E-state index in [0.717, 1.165) is 17.7 Å². The number of rotatable bonds is 5. The third-order valence-corrected chi connectivity index (χ3v) is 5.61. The monoisotopic (exact) mass is 407 g/mol. The molecule has 0 aliphatic carbocycles. The molecule has 3 heterocycles. The summed E-state index contributed by atoms with van der Waals surface area (Å²) >= 11 is 0. The minimum atomic E-state index is -0.749. The molecule has 30 heavy (non-hydrogen) atoms. The summed E-state index contributed by atoms with van der Waals surface area (Å²) in [6.07, 6.45) is 3.07. The van der Waals surface area contributed by atoms with Crippen molar-refractivity contribution in [1.29, 1.82) is 0 Å². The van der Waals surface area contributed by atoms with Crippen LogP contribution in [0.1, 0.15) is 31.9 Å². The first kappa shape index (κ1) is 20.0. The van der Waals surface area contributed by atoms with E-state index in [1.54, 1.807) is 23.9 Å². The van der Waals surface area contributed by atoms with Crippen molar-refractivity contribution in [2.45, 2.75) is 38.5 Å². The highest BCUT2D eigenvalue weighted by Crippen LogP contribution is 2.33. The lowest BCUT2D eigenvalue weighted by molar-refractivity contribution is 0.168. The Morgan fingerprint density at radius 1 is 1.20 bits per heavy atom. The first-order valence-corrected chi connectivity index (χ1v) is 9.87. The summed E-state index contributed by atoms with van der Waals surface area (Å²) in [7, 11) is 1.61. The number of fused-ring (bicyclic) bond motifs is 1. The normalized spacial score (nSPS) is 16.1. The number of hydrogen-bond donors (Lipinski definition) is 1. The molecule has 0 amide bonds. The molecule has 4 rings (SSSR count). The molecule has 0 fully saturated rings. The van der Waals surface area contributed by atoms with Crippen molar-refractivity contribution in [2.24, 2.45) is 0 Å². The van der Waals surface area contributed by atoms with Gasteiger partial charge in [-0.1, -0.05) is 12.1 Å². The number of hydrogen-bond acceptors (Lipinski definition) is 7. The van der Waals surface area contributed by atoms with Crippen molar-refractivity contribution in [2.75, 3.05) is 18.6 Å². The number of ether oxygens (including phenoxy) is 1. The topological polar surface area (TPSA) is 93.4 Å². The van der Waals surface area contributed by atoms with Crippen molar-refractivity contribution in [3.63, 3.8) is 0 Å². The van der Waals surface area contributed by atoms with E-state index in [1.807, 2.05) is 29.2 Å². The van der Waals surface area contributed by atoms with Crippen LogP contribution >= 0.6 is 0 Å². The van der Waals surface area contributed by atoms with E-state index in [4.69, 9.17) is 9.72 Å². The van der Waals surface area contributed by atoms with Gasteiger partial charge >= 0.3 is 0 Å². The summed E-state index contributed by atoms with van der Waals surface area (Å²) < 4.78 is 6.86. The van der Waals surface area contributed by atoms with Crippen molar-refractivity contribution >= 4 is 5.95 Å². The second-order valence-electron chi connectivity index (χ2n) is 7.99. The fourth-order valence-corrected chi connectivity index (χ4v) is 3.71. The van der Waals surface area contributed by atoms with E-state index in [2.05, 4.69) is 23.8 Å². The van der Waals surface area contributed by atoms with Gasteiger partial charge in [-0.3, -0.25) is 9.36 Å². The Balaban J connectivity index is 1.72. The number of β-amino-alcohol motifs (C(OH)–C–C–N with tert-alkyl or cyclic N) is 1. The standard InChI is InChI=1S/C22H25N5O3/c1-22(2)9-11-26-20(29)12-18(17-8-10-23-14-24-17)25-21(26)27(22)13-19(28)15-4-6-16(30-3)7-5-15/h4-8,10,12,14,19,28H,9,11,13H2,1-3H3/t19-/m1/s1. The number of nitrogens with zero attached hydrogens (tertiary/aromatic N) is 5. The lowest BCUT2D eigenvalue weighted by Gasteiger charge is -2.45. The second-order valence-corrected chi connectivity index (χ2v) is 7.99. The highest BCUT2D eigenvalue weighted by molar-refractivity contribution is 5.56. The number of anilines is 1. The van der Waals surface area contributed by atoms with E-state index < -0.39 is 6.10 Å². The Morgan fingerprint density at radius 3 is 2.63 bits per heavy atom. The minimum Gasteiger partial charge on any atom is -0.497 e. The average Bonchev–Trinajstić information content (AvgIpc) is 2.76. The van der Waals surface area contributed by atoms with Crippen LogP contribution in [-0.2, 0) is 6.54 Å². The Kier molecular flexibility index (Phi) is 5.26. The van der Waals surface area contributed by atoms with E-state index in [-0.39, 0.29) is 11.1 Å². The molecular weight excluding hydrogens is 382 g/mol. The van der Waals surface area contributed by atoms with Crippen LogP contribution in [0.2, 0.25) is 0 Å². The third kappa shape index (κ3) is 3.78. The molecular formula is C22H25N5O3. The number of benzene rings is 1. The molecule has 1 aliphatic rings. The molecule has 8 nitrogen and oxygen atoms in total. The van der Waals surface area contributed by atoms with Crippen LogP contribution in [0.3, 0.4) is 0 Å². The maximum Gasteiger partial charge on any atom is 0.255 e. The maximum absolute atomic E-state index is 12.8. The minimum absolute atomic E-state index is 0.131. The van der Waals surface area contributed by atoms with Gasteiger partial charge in [0, 0.05) is 24.3 Å². The zero-order valence-electron chi connectivity index (χ0n) is 17.3. The van der Waals surface area contributed by atoms with Crippen molar-refractivity contribution in [1.82, 2.24) is 19.5 Å². The van der Waals surface area contributed by atoms with Gasteiger partial charge < -0.3 is 14.7 Å². The van der Waals surface area contributed by atoms with Gasteiger partial charge in [-0.15, -0.1) is 0 Å². The van der Waals surface area contributed by atoms with Crippen LogP contribution in [0.15, 0.2) is 53.7 Å². The molecule has 0 unspecified atom stereocenters. The molecule has 0 bridgehead atoms. The van der Waals surface area contributed by atoms with Gasteiger partial charge in [0.2, 0.25) is 5.95 Å². The van der Waals surface area contributed by atoms with E-state index >= 15 is 0 Å². The van der Waals surface area contributed by atoms with Gasteiger partial charge in [-0.25, -0.2) is 15.0 Å². The Labute approximate surface area is 174 Å². The molecule has 1 aliphatic heterocycles. The molecule has 0 saturated carbocycles. The van der Waals surface area contributed by atoms with Crippen molar-refractivity contribution in [3.8, 4) is 17.1 Å². The predicted octanol–water partition coefficient (Wildman–Crippen LogP) is 2.43. The van der Waals surface area contributed by atoms with Crippen LogP contribution < -0.4 is 15.2 Å². The van der Waals surface area contributed by atoms with Gasteiger partial charge in [0.25, 0.3) is 5.56 Å². The Hall–Kier alpha value is -3.26. The second kappa shape index (κ2) is 7.87. The zero-order chi connectivity index (χ0) is 21.3. The lowest BCUT2D eigenvalue weighted by Crippen LogP contribution is -2.53. The maximum atomic E-state index is 12.8. The zero-order valence-corrected chi connectivity index (χ0v) is 17.3. The third-order valence-electron chi connectivity index (χ3n) is 5.61. The summed E-state index contributed by atoms with van der Waals surface area (Å²) in [4.78, 5) is 27.7. The van der Waals surface area contributed by atoms with Gasteiger partial charge in [0.05, 0.1) is 31.1 Å². The number of aromatic nitrogens is 4. The highest BCUT2D eigenvalue weighted by atomic mass is 16.5. The fourth-order valence-electron chi connectivity index (χ4n) is 3.71. The number of methoxy groups -OCH3 is 1. The van der Waals surface area contributed by atoms with Crippen LogP contribution in [0.25, 0.3) is 11.4 Å². The fraction of sp³-hybridized carbons (Fsp3) is 0.364. The lowest BCUT2D eigenvalue weighted by atomic mass is 9.95. The van der Waals surface area contributed by atoms with Crippen LogP contribution in [0, 0.1) is 0 Å². The van der Waals surface area contributed by atoms with E-state index in [9.17, 15) is 9.90 Å². The Bertz CT molecular complexity index is 1080. The average molecular weight is 407 g/mol. The SMILES string of the molecule is COc1ccc([C@H](O)CN2c3nc(-c4ccncn4)cc(=O)n3CCC2(C)C)cc1. The van der Waals surface area contributed by atoms with Gasteiger partial charge in [0.15, 0.2) is 0 Å². The van der Waals surface area contributed by atoms with Gasteiger partial charge in [0.1, 0.15) is 12.1 Å². The molecule has 1 aromatic carbocycles. The summed E-state index contributed by atoms with van der Waals surface area (Å²) in [5.41, 5.74) is 1.45.